The van der Waals surface area contributed by atoms with Crippen molar-refractivity contribution >= 4 is 22.7 Å². The third-order valence-corrected chi connectivity index (χ3v) is 4.97. The van der Waals surface area contributed by atoms with Crippen molar-refractivity contribution in [1.29, 1.82) is 0 Å². The summed E-state index contributed by atoms with van der Waals surface area (Å²) in [6.45, 7) is 2.75. The van der Waals surface area contributed by atoms with E-state index in [1.807, 2.05) is 6.07 Å². The molecule has 0 spiro atoms. The fourth-order valence-corrected chi connectivity index (χ4v) is 3.64. The molecule has 6 nitrogen and oxygen atoms in total. The van der Waals surface area contributed by atoms with Gasteiger partial charge < -0.3 is 9.15 Å². The maximum atomic E-state index is 12.0. The zero-order valence-electron chi connectivity index (χ0n) is 15.4. The third-order valence-electron chi connectivity index (χ3n) is 4.97. The normalized spacial score (nSPS) is 15.3. The molecule has 1 saturated carbocycles. The number of carbonyl (C=O) groups is 1. The van der Waals surface area contributed by atoms with E-state index in [-0.39, 0.29) is 5.63 Å². The number of hydrogen-bond donors (Lipinski definition) is 1. The first-order chi connectivity index (χ1) is 12.6. The molecule has 1 heterocycles. The first kappa shape index (κ1) is 18.5. The lowest BCUT2D eigenvalue weighted by Crippen LogP contribution is -2.33. The van der Waals surface area contributed by atoms with E-state index in [1.54, 1.807) is 25.1 Å². The molecule has 3 rings (SSSR count). The summed E-state index contributed by atoms with van der Waals surface area (Å²) in [6.07, 6.45) is 5.76. The van der Waals surface area contributed by atoms with Gasteiger partial charge in [-0.3, -0.25) is 10.2 Å². The molecule has 0 bridgehead atoms. The average Bonchev–Trinajstić information content (AvgIpc) is 2.62. The molecule has 1 fully saturated rings. The highest BCUT2D eigenvalue weighted by molar-refractivity contribution is 5.89. The summed E-state index contributed by atoms with van der Waals surface area (Å²) >= 11 is 0. The zero-order chi connectivity index (χ0) is 18.5. The number of amides is 1. The van der Waals surface area contributed by atoms with E-state index < -0.39 is 6.09 Å². The maximum Gasteiger partial charge on any atom is 0.411 e. The molecule has 0 saturated heterocycles. The SMILES string of the molecule is CCOC(=O)Nc1ccc2c(CN(C)C3CCCCC3)cc(=O)oc2c1. The Morgan fingerprint density at radius 2 is 2.04 bits per heavy atom. The summed E-state index contributed by atoms with van der Waals surface area (Å²) < 4.78 is 10.2. The summed E-state index contributed by atoms with van der Waals surface area (Å²) in [5.74, 6) is 0. The predicted octanol–water partition coefficient (Wildman–Crippen LogP) is 4.13. The lowest BCUT2D eigenvalue weighted by molar-refractivity contribution is 0.168. The molecule has 0 aliphatic heterocycles. The summed E-state index contributed by atoms with van der Waals surface area (Å²) in [4.78, 5) is 25.9. The lowest BCUT2D eigenvalue weighted by Gasteiger charge is -2.31. The molecule has 1 amide bonds. The van der Waals surface area contributed by atoms with E-state index in [4.69, 9.17) is 9.15 Å². The zero-order valence-corrected chi connectivity index (χ0v) is 15.4. The molecule has 1 aromatic heterocycles. The predicted molar refractivity (Wildman–Crippen MR) is 101 cm³/mol. The van der Waals surface area contributed by atoms with Crippen LogP contribution in [0.1, 0.15) is 44.6 Å². The monoisotopic (exact) mass is 358 g/mol. The van der Waals surface area contributed by atoms with Crippen molar-refractivity contribution < 1.29 is 13.9 Å². The van der Waals surface area contributed by atoms with Crippen molar-refractivity contribution in [2.24, 2.45) is 0 Å². The smallest absolute Gasteiger partial charge is 0.411 e. The van der Waals surface area contributed by atoms with E-state index in [0.717, 1.165) is 10.9 Å². The van der Waals surface area contributed by atoms with Crippen LogP contribution in [0.3, 0.4) is 0 Å². The number of rotatable bonds is 5. The highest BCUT2D eigenvalue weighted by atomic mass is 16.5. The summed E-state index contributed by atoms with van der Waals surface area (Å²) in [7, 11) is 2.12. The van der Waals surface area contributed by atoms with Crippen LogP contribution < -0.4 is 10.9 Å². The van der Waals surface area contributed by atoms with E-state index in [2.05, 4.69) is 17.3 Å². The molecule has 1 N–H and O–H groups in total. The molecule has 2 aromatic rings. The van der Waals surface area contributed by atoms with E-state index in [9.17, 15) is 9.59 Å². The van der Waals surface area contributed by atoms with E-state index >= 15 is 0 Å². The molecule has 26 heavy (non-hydrogen) atoms. The molecular formula is C20H26N2O4. The van der Waals surface area contributed by atoms with Gasteiger partial charge >= 0.3 is 11.7 Å². The quantitative estimate of drug-likeness (QED) is 0.814. The van der Waals surface area contributed by atoms with Gasteiger partial charge in [-0.2, -0.15) is 0 Å². The second-order valence-electron chi connectivity index (χ2n) is 6.85. The number of carbonyl (C=O) groups excluding carboxylic acids is 1. The van der Waals surface area contributed by atoms with Gasteiger partial charge in [-0.1, -0.05) is 19.3 Å². The number of benzene rings is 1. The molecule has 140 valence electrons. The summed E-state index contributed by atoms with van der Waals surface area (Å²) in [5, 5.41) is 3.52. The molecule has 0 unspecified atom stereocenters. The van der Waals surface area contributed by atoms with Crippen LogP contribution in [0.4, 0.5) is 10.5 Å². The van der Waals surface area contributed by atoms with E-state index in [0.29, 0.717) is 30.5 Å². The van der Waals surface area contributed by atoms with Gasteiger partial charge in [0.05, 0.1) is 6.61 Å². The van der Waals surface area contributed by atoms with Crippen molar-refractivity contribution in [3.63, 3.8) is 0 Å². The second kappa shape index (κ2) is 8.36. The fourth-order valence-electron chi connectivity index (χ4n) is 3.64. The highest BCUT2D eigenvalue weighted by Gasteiger charge is 2.19. The molecule has 0 radical (unpaired) electrons. The Bertz CT molecular complexity index is 824. The Morgan fingerprint density at radius 1 is 1.27 bits per heavy atom. The van der Waals surface area contributed by atoms with Crippen LogP contribution >= 0.6 is 0 Å². The maximum absolute atomic E-state index is 12.0. The van der Waals surface area contributed by atoms with Crippen molar-refractivity contribution in [3.05, 3.63) is 40.2 Å². The number of nitrogens with zero attached hydrogens (tertiary/aromatic N) is 1. The van der Waals surface area contributed by atoms with Gasteiger partial charge in [-0.15, -0.1) is 0 Å². The molecule has 1 aliphatic carbocycles. The first-order valence-corrected chi connectivity index (χ1v) is 9.27. The minimum Gasteiger partial charge on any atom is -0.450 e. The molecule has 6 heteroatoms. The van der Waals surface area contributed by atoms with Crippen molar-refractivity contribution in [2.75, 3.05) is 19.0 Å². The van der Waals surface area contributed by atoms with Crippen LogP contribution in [-0.2, 0) is 11.3 Å². The van der Waals surface area contributed by atoms with Crippen molar-refractivity contribution in [1.82, 2.24) is 4.90 Å². The van der Waals surface area contributed by atoms with Crippen LogP contribution in [-0.4, -0.2) is 30.7 Å². The van der Waals surface area contributed by atoms with Gasteiger partial charge in [0.25, 0.3) is 0 Å². The van der Waals surface area contributed by atoms with Crippen LogP contribution in [0, 0.1) is 0 Å². The number of nitrogens with one attached hydrogen (secondary N) is 1. The molecule has 0 atom stereocenters. The summed E-state index contributed by atoms with van der Waals surface area (Å²) in [5.41, 5.74) is 1.58. The fraction of sp³-hybridized carbons (Fsp3) is 0.500. The molecular weight excluding hydrogens is 332 g/mol. The van der Waals surface area contributed by atoms with Gasteiger partial charge in [-0.25, -0.2) is 9.59 Å². The van der Waals surface area contributed by atoms with Gasteiger partial charge in [-0.05, 0) is 44.5 Å². The number of hydrogen-bond acceptors (Lipinski definition) is 5. The van der Waals surface area contributed by atoms with Crippen molar-refractivity contribution in [2.45, 2.75) is 51.6 Å². The van der Waals surface area contributed by atoms with Crippen molar-refractivity contribution in [3.8, 4) is 0 Å². The lowest BCUT2D eigenvalue weighted by atomic mass is 9.94. The van der Waals surface area contributed by atoms with Gasteiger partial charge in [0, 0.05) is 35.8 Å². The Balaban J connectivity index is 1.83. The minimum atomic E-state index is -0.526. The average molecular weight is 358 g/mol. The summed E-state index contributed by atoms with van der Waals surface area (Å²) in [6, 6.07) is 7.47. The van der Waals surface area contributed by atoms with Gasteiger partial charge in [0.2, 0.25) is 0 Å². The third kappa shape index (κ3) is 4.43. The Hall–Kier alpha value is -2.34. The van der Waals surface area contributed by atoms with Crippen LogP contribution in [0.15, 0.2) is 33.5 Å². The molecule has 1 aromatic carbocycles. The van der Waals surface area contributed by atoms with Gasteiger partial charge in [0.1, 0.15) is 5.58 Å². The van der Waals surface area contributed by atoms with Crippen LogP contribution in [0.2, 0.25) is 0 Å². The highest BCUT2D eigenvalue weighted by Crippen LogP contribution is 2.26. The Labute approximate surface area is 153 Å². The number of ether oxygens (including phenoxy) is 1. The van der Waals surface area contributed by atoms with Crippen LogP contribution in [0.5, 0.6) is 0 Å². The number of anilines is 1. The van der Waals surface area contributed by atoms with Crippen LogP contribution in [0.25, 0.3) is 11.0 Å². The Morgan fingerprint density at radius 3 is 2.77 bits per heavy atom. The van der Waals surface area contributed by atoms with Gasteiger partial charge in [0.15, 0.2) is 0 Å². The largest absolute Gasteiger partial charge is 0.450 e. The number of fused-ring (bicyclic) bond motifs is 1. The topological polar surface area (TPSA) is 71.8 Å². The Kier molecular flexibility index (Phi) is 5.93. The first-order valence-electron chi connectivity index (χ1n) is 9.27. The molecule has 1 aliphatic rings. The van der Waals surface area contributed by atoms with E-state index in [1.165, 1.54) is 32.1 Å². The standard InChI is InChI=1S/C20H26N2O4/c1-3-25-20(24)21-15-9-10-17-14(11-19(23)26-18(17)12-15)13-22(2)16-7-5-4-6-8-16/h9-12,16H,3-8,13H2,1-2H3,(H,21,24). The minimum absolute atomic E-state index is 0.298. The second-order valence-corrected chi connectivity index (χ2v) is 6.85.